The van der Waals surface area contributed by atoms with Crippen molar-refractivity contribution in [3.63, 3.8) is 0 Å². The van der Waals surface area contributed by atoms with Gasteiger partial charge in [-0.1, -0.05) is 42.5 Å². The third-order valence-corrected chi connectivity index (χ3v) is 5.40. The van der Waals surface area contributed by atoms with Crippen molar-refractivity contribution in [1.29, 1.82) is 0 Å². The summed E-state index contributed by atoms with van der Waals surface area (Å²) in [6.07, 6.45) is 0. The molecule has 5 heteroatoms. The summed E-state index contributed by atoms with van der Waals surface area (Å²) in [5.74, 6) is -0.736. The number of halogens is 1. The monoisotopic (exact) mass is 381 g/mol. The number of carbonyl (C=O) groups excluding carboxylic acids is 2. The van der Waals surface area contributed by atoms with Gasteiger partial charge in [0.05, 0.1) is 11.8 Å². The highest BCUT2D eigenvalue weighted by molar-refractivity contribution is 8.00. The summed E-state index contributed by atoms with van der Waals surface area (Å²) in [5.41, 5.74) is 1.34. The molecular weight excluding hydrogens is 361 g/mol. The molecular formula is C22H20FNO2S. The van der Waals surface area contributed by atoms with E-state index < -0.39 is 5.82 Å². The SMILES string of the molecule is CC(=O)c1ccc(SCC(=O)NC(C)c2ccc3ccccc3c2)c(F)c1. The Hall–Kier alpha value is -2.66. The van der Waals surface area contributed by atoms with Gasteiger partial charge in [0.1, 0.15) is 5.82 Å². The van der Waals surface area contributed by atoms with Crippen molar-refractivity contribution in [2.75, 3.05) is 5.75 Å². The molecule has 1 unspecified atom stereocenters. The van der Waals surface area contributed by atoms with Crippen LogP contribution >= 0.6 is 11.8 Å². The number of hydrogen-bond acceptors (Lipinski definition) is 3. The molecule has 27 heavy (non-hydrogen) atoms. The smallest absolute Gasteiger partial charge is 0.230 e. The standard InChI is InChI=1S/C22H20FNO2S/c1-14(17-8-7-16-5-3-4-6-19(16)11-17)24-22(26)13-27-21-10-9-18(15(2)25)12-20(21)23/h3-12,14H,13H2,1-2H3,(H,24,26). The maximum atomic E-state index is 14.0. The molecule has 3 rings (SSSR count). The first kappa shape index (κ1) is 19.1. The molecule has 0 aliphatic rings. The Kier molecular flexibility index (Phi) is 5.91. The molecule has 0 fully saturated rings. The van der Waals surface area contributed by atoms with Gasteiger partial charge in [0.15, 0.2) is 5.78 Å². The molecule has 3 nitrogen and oxygen atoms in total. The van der Waals surface area contributed by atoms with E-state index >= 15 is 0 Å². The first-order valence-electron chi connectivity index (χ1n) is 8.65. The van der Waals surface area contributed by atoms with Crippen molar-refractivity contribution in [2.45, 2.75) is 24.8 Å². The lowest BCUT2D eigenvalue weighted by Gasteiger charge is -2.15. The molecule has 3 aromatic carbocycles. The lowest BCUT2D eigenvalue weighted by atomic mass is 10.0. The zero-order chi connectivity index (χ0) is 19.4. The highest BCUT2D eigenvalue weighted by Gasteiger charge is 2.13. The molecule has 0 aromatic heterocycles. The van der Waals surface area contributed by atoms with E-state index in [4.69, 9.17) is 0 Å². The van der Waals surface area contributed by atoms with Gasteiger partial charge in [-0.3, -0.25) is 9.59 Å². The van der Waals surface area contributed by atoms with Crippen LogP contribution < -0.4 is 5.32 Å². The summed E-state index contributed by atoms with van der Waals surface area (Å²) in [6.45, 7) is 3.32. The minimum atomic E-state index is -0.483. The quantitative estimate of drug-likeness (QED) is 0.474. The number of carbonyl (C=O) groups is 2. The van der Waals surface area contributed by atoms with Crippen LogP contribution in [0.3, 0.4) is 0 Å². The Balaban J connectivity index is 1.60. The van der Waals surface area contributed by atoms with Gasteiger partial charge in [-0.05, 0) is 48.4 Å². The fraction of sp³-hybridized carbons (Fsp3) is 0.182. The van der Waals surface area contributed by atoms with Crippen LogP contribution in [0.5, 0.6) is 0 Å². The zero-order valence-corrected chi connectivity index (χ0v) is 16.0. The number of fused-ring (bicyclic) bond motifs is 1. The molecule has 1 amide bonds. The van der Waals surface area contributed by atoms with Crippen LogP contribution in [0, 0.1) is 5.82 Å². The van der Waals surface area contributed by atoms with Crippen LogP contribution in [-0.2, 0) is 4.79 Å². The number of thioether (sulfide) groups is 1. The van der Waals surface area contributed by atoms with Gasteiger partial charge >= 0.3 is 0 Å². The van der Waals surface area contributed by atoms with Crippen LogP contribution in [0.25, 0.3) is 10.8 Å². The number of amides is 1. The molecule has 0 aliphatic heterocycles. The van der Waals surface area contributed by atoms with Gasteiger partial charge in [-0.15, -0.1) is 11.8 Å². The minimum absolute atomic E-state index is 0.105. The predicted molar refractivity (Wildman–Crippen MR) is 108 cm³/mol. The summed E-state index contributed by atoms with van der Waals surface area (Å²) in [4.78, 5) is 23.9. The van der Waals surface area contributed by atoms with Crippen LogP contribution in [0.1, 0.15) is 35.8 Å². The number of nitrogens with one attached hydrogen (secondary N) is 1. The van der Waals surface area contributed by atoms with Gasteiger partial charge in [-0.2, -0.15) is 0 Å². The van der Waals surface area contributed by atoms with Crippen molar-refractivity contribution in [3.05, 3.63) is 77.6 Å². The Morgan fingerprint density at radius 1 is 1.04 bits per heavy atom. The number of Topliss-reactive ketones (excluding diaryl/α,β-unsaturated/α-hetero) is 1. The largest absolute Gasteiger partial charge is 0.349 e. The van der Waals surface area contributed by atoms with Gasteiger partial charge in [0.2, 0.25) is 5.91 Å². The predicted octanol–water partition coefficient (Wildman–Crippen LogP) is 5.15. The molecule has 3 aromatic rings. The number of benzene rings is 3. The molecule has 138 valence electrons. The van der Waals surface area contributed by atoms with Crippen molar-refractivity contribution in [1.82, 2.24) is 5.32 Å². The summed E-state index contributed by atoms with van der Waals surface area (Å²) in [5, 5.41) is 5.22. The Labute approximate surface area is 162 Å². The molecule has 0 aliphatic carbocycles. The maximum absolute atomic E-state index is 14.0. The van der Waals surface area contributed by atoms with Gasteiger partial charge in [0.25, 0.3) is 0 Å². The average molecular weight is 381 g/mol. The summed E-state index contributed by atoms with van der Waals surface area (Å²) in [7, 11) is 0. The van der Waals surface area contributed by atoms with Crippen LogP contribution in [0.2, 0.25) is 0 Å². The van der Waals surface area contributed by atoms with E-state index in [0.29, 0.717) is 10.5 Å². The Morgan fingerprint density at radius 3 is 2.48 bits per heavy atom. The first-order valence-corrected chi connectivity index (χ1v) is 9.64. The van der Waals surface area contributed by atoms with Gasteiger partial charge in [-0.25, -0.2) is 4.39 Å². The molecule has 0 heterocycles. The highest BCUT2D eigenvalue weighted by atomic mass is 32.2. The van der Waals surface area contributed by atoms with E-state index in [2.05, 4.69) is 11.4 Å². The van der Waals surface area contributed by atoms with E-state index in [9.17, 15) is 14.0 Å². The second-order valence-corrected chi connectivity index (χ2v) is 7.40. The summed E-state index contributed by atoms with van der Waals surface area (Å²) in [6, 6.07) is 18.3. The van der Waals surface area contributed by atoms with Crippen molar-refractivity contribution in [2.24, 2.45) is 0 Å². The highest BCUT2D eigenvalue weighted by Crippen LogP contribution is 2.24. The van der Waals surface area contributed by atoms with Crippen molar-refractivity contribution < 1.29 is 14.0 Å². The van der Waals surface area contributed by atoms with Gasteiger partial charge < -0.3 is 5.32 Å². The van der Waals surface area contributed by atoms with Crippen molar-refractivity contribution in [3.8, 4) is 0 Å². The van der Waals surface area contributed by atoms with E-state index in [1.165, 1.54) is 19.1 Å². The average Bonchev–Trinajstić information content (AvgIpc) is 2.66. The first-order chi connectivity index (χ1) is 12.9. The fourth-order valence-electron chi connectivity index (χ4n) is 2.82. The molecule has 0 spiro atoms. The third kappa shape index (κ3) is 4.74. The van der Waals surface area contributed by atoms with E-state index in [1.54, 1.807) is 6.07 Å². The molecule has 0 radical (unpaired) electrons. The molecule has 0 saturated carbocycles. The molecule has 1 atom stereocenters. The number of ketones is 1. The number of hydrogen-bond donors (Lipinski definition) is 1. The lowest BCUT2D eigenvalue weighted by molar-refractivity contribution is -0.119. The normalized spacial score (nSPS) is 12.0. The minimum Gasteiger partial charge on any atom is -0.349 e. The molecule has 0 bridgehead atoms. The second kappa shape index (κ2) is 8.35. The maximum Gasteiger partial charge on any atom is 0.230 e. The topological polar surface area (TPSA) is 46.2 Å². The van der Waals surface area contributed by atoms with Crippen LogP contribution in [0.4, 0.5) is 4.39 Å². The Morgan fingerprint density at radius 2 is 1.78 bits per heavy atom. The molecule has 0 saturated heterocycles. The van der Waals surface area contributed by atoms with Crippen molar-refractivity contribution >= 4 is 34.2 Å². The summed E-state index contributed by atoms with van der Waals surface area (Å²) >= 11 is 1.12. The van der Waals surface area contributed by atoms with E-state index in [-0.39, 0.29) is 23.5 Å². The Bertz CT molecular complexity index is 1000. The molecule has 1 N–H and O–H groups in total. The second-order valence-electron chi connectivity index (χ2n) is 6.39. The number of rotatable bonds is 6. The fourth-order valence-corrected chi connectivity index (χ4v) is 3.55. The third-order valence-electron chi connectivity index (χ3n) is 4.35. The summed E-state index contributed by atoms with van der Waals surface area (Å²) < 4.78 is 14.0. The van der Waals surface area contributed by atoms with Crippen LogP contribution in [-0.4, -0.2) is 17.4 Å². The van der Waals surface area contributed by atoms with Gasteiger partial charge in [0, 0.05) is 10.5 Å². The zero-order valence-electron chi connectivity index (χ0n) is 15.2. The van der Waals surface area contributed by atoms with E-state index in [1.807, 2.05) is 43.3 Å². The van der Waals surface area contributed by atoms with E-state index in [0.717, 1.165) is 28.1 Å². The lowest BCUT2D eigenvalue weighted by Crippen LogP contribution is -2.28. The van der Waals surface area contributed by atoms with Crippen LogP contribution in [0.15, 0.2) is 65.6 Å².